The molecule has 0 amide bonds. The molecule has 0 aliphatic carbocycles. The lowest BCUT2D eigenvalue weighted by Gasteiger charge is -2.06. The average Bonchev–Trinajstić information content (AvgIpc) is 0.722. The lowest BCUT2D eigenvalue weighted by atomic mass is 10.0. The maximum Gasteiger partial charge on any atom is 0.352 e. The largest absolute Gasteiger partial charge is 0.352 e. The van der Waals surface area contributed by atoms with Crippen molar-refractivity contribution < 1.29 is 9.69 Å². The van der Waals surface area contributed by atoms with Gasteiger partial charge in [0.15, 0.2) is 0 Å². The third kappa shape index (κ3) is 0.121. The summed E-state index contributed by atoms with van der Waals surface area (Å²) in [4.78, 5) is 8.44. The fraction of sp³-hybridized carbons (Fsp3) is 1.00. The van der Waals surface area contributed by atoms with Gasteiger partial charge in [-0.1, -0.05) is 0 Å². The number of rotatable bonds is 0. The maximum atomic E-state index is 4.22. The molecule has 0 spiro atoms. The van der Waals surface area contributed by atoms with Gasteiger partial charge >= 0.3 is 7.48 Å². The van der Waals surface area contributed by atoms with E-state index in [1.165, 1.54) is 0 Å². The van der Waals surface area contributed by atoms with Crippen molar-refractivity contribution in [2.75, 3.05) is 6.51 Å². The molecular weight excluding hydrogens is 54.8 g/mol. The summed E-state index contributed by atoms with van der Waals surface area (Å²) in [5.41, 5.74) is 0. The minimum atomic E-state index is 0.778. The van der Waals surface area contributed by atoms with Gasteiger partial charge in [0, 0.05) is 0 Å². The van der Waals surface area contributed by atoms with Crippen molar-refractivity contribution in [2.24, 2.45) is 0 Å². The van der Waals surface area contributed by atoms with Crippen LogP contribution in [0.1, 0.15) is 0 Å². The molecule has 0 bridgehead atoms. The molecule has 0 saturated carbocycles. The quantitative estimate of drug-likeness (QED) is 0.269. The van der Waals surface area contributed by atoms with Gasteiger partial charge in [0.1, 0.15) is 0 Å². The van der Waals surface area contributed by atoms with E-state index in [2.05, 4.69) is 9.69 Å². The van der Waals surface area contributed by atoms with Gasteiger partial charge in [0.05, 0.1) is 6.51 Å². The Morgan fingerprint density at radius 2 is 2.00 bits per heavy atom. The highest BCUT2D eigenvalue weighted by atomic mass is 17.2. The van der Waals surface area contributed by atoms with Crippen LogP contribution in [0.15, 0.2) is 0 Å². The topological polar surface area (TPSA) is 18.5 Å². The van der Waals surface area contributed by atoms with Gasteiger partial charge in [-0.3, -0.25) is 4.89 Å². The molecule has 0 N–H and O–H groups in total. The summed E-state index contributed by atoms with van der Waals surface area (Å²) < 4.78 is 0. The van der Waals surface area contributed by atoms with Crippen molar-refractivity contribution in [2.45, 2.75) is 0 Å². The van der Waals surface area contributed by atoms with E-state index in [4.69, 9.17) is 0 Å². The first-order chi connectivity index (χ1) is 2.00. The van der Waals surface area contributed by atoms with E-state index < -0.39 is 0 Å². The molecule has 1 rings (SSSR count). The lowest BCUT2D eigenvalue weighted by Crippen LogP contribution is -2.19. The fourth-order valence-corrected chi connectivity index (χ4v) is 0.0833. The molecule has 4 heavy (non-hydrogen) atoms. The molecule has 1 fully saturated rings. The van der Waals surface area contributed by atoms with E-state index >= 15 is 0 Å². The average molecular weight is 57.8 g/mol. The van der Waals surface area contributed by atoms with Crippen LogP contribution >= 0.6 is 0 Å². The number of hydrogen-bond donors (Lipinski definition) is 0. The Morgan fingerprint density at radius 3 is 2.00 bits per heavy atom. The Hall–Kier alpha value is -0.0151. The van der Waals surface area contributed by atoms with Crippen molar-refractivity contribution in [1.82, 2.24) is 0 Å². The molecule has 0 aromatic rings. The van der Waals surface area contributed by atoms with E-state index in [-0.39, 0.29) is 0 Å². The molecule has 1 aliphatic rings. The zero-order valence-corrected chi connectivity index (χ0v) is 2.23. The van der Waals surface area contributed by atoms with Crippen LogP contribution in [0, 0.1) is 0 Å². The zero-order valence-electron chi connectivity index (χ0n) is 2.23. The van der Waals surface area contributed by atoms with Gasteiger partial charge in [-0.25, -0.2) is 0 Å². The van der Waals surface area contributed by atoms with E-state index in [0.717, 1.165) is 14.0 Å². The normalized spacial score (nSPS) is 22.0. The van der Waals surface area contributed by atoms with Gasteiger partial charge in [-0.05, 0) is 0 Å². The van der Waals surface area contributed by atoms with Crippen molar-refractivity contribution in [3.05, 3.63) is 0 Å². The lowest BCUT2D eigenvalue weighted by molar-refractivity contribution is -0.242. The van der Waals surface area contributed by atoms with Crippen LogP contribution in [0.2, 0.25) is 0 Å². The third-order valence-corrected chi connectivity index (χ3v) is 0.333. The highest BCUT2D eigenvalue weighted by Crippen LogP contribution is 1.83. The van der Waals surface area contributed by atoms with Crippen LogP contribution in [-0.2, 0) is 9.69 Å². The van der Waals surface area contributed by atoms with Crippen molar-refractivity contribution in [3.8, 4) is 0 Å². The molecule has 1 aliphatic heterocycles. The Bertz CT molecular complexity index is 14.0. The molecule has 1 saturated heterocycles. The van der Waals surface area contributed by atoms with Gasteiger partial charge in [-0.2, -0.15) is 0 Å². The Labute approximate surface area is 24.9 Å². The summed E-state index contributed by atoms with van der Waals surface area (Å²) in [6.07, 6.45) is 0. The van der Waals surface area contributed by atoms with Crippen molar-refractivity contribution >= 4 is 7.48 Å². The van der Waals surface area contributed by atoms with E-state index in [0.29, 0.717) is 0 Å². The summed E-state index contributed by atoms with van der Waals surface area (Å²) in [5.74, 6) is 0. The Morgan fingerprint density at radius 1 is 1.75 bits per heavy atom. The van der Waals surface area contributed by atoms with Gasteiger partial charge < -0.3 is 4.81 Å². The molecule has 22 valence electrons. The minimum absolute atomic E-state index is 0.778. The summed E-state index contributed by atoms with van der Waals surface area (Å²) in [6, 6.07) is 0. The first-order valence-electron chi connectivity index (χ1n) is 1.24. The van der Waals surface area contributed by atoms with Crippen LogP contribution in [0.25, 0.3) is 0 Å². The smallest absolute Gasteiger partial charge is 0.308 e. The minimum Gasteiger partial charge on any atom is -0.308 e. The zero-order chi connectivity index (χ0) is 2.83. The third-order valence-electron chi connectivity index (χ3n) is 0.333. The molecule has 0 aromatic heterocycles. The maximum absolute atomic E-state index is 4.22. The summed E-state index contributed by atoms with van der Waals surface area (Å²) in [6.45, 7) is 0.778. The van der Waals surface area contributed by atoms with Crippen LogP contribution in [0.4, 0.5) is 0 Å². The molecule has 0 atom stereocenters. The van der Waals surface area contributed by atoms with Crippen LogP contribution in [0.3, 0.4) is 0 Å². The summed E-state index contributed by atoms with van der Waals surface area (Å²) in [7, 11) is 0.778. The highest BCUT2D eigenvalue weighted by molar-refractivity contribution is 6.28. The SMILES string of the molecule is B1COO1. The van der Waals surface area contributed by atoms with E-state index in [1.807, 2.05) is 0 Å². The second-order valence-corrected chi connectivity index (χ2v) is 0.644. The fourth-order valence-electron chi connectivity index (χ4n) is 0.0833. The second kappa shape index (κ2) is 0.741. The summed E-state index contributed by atoms with van der Waals surface area (Å²) >= 11 is 0. The van der Waals surface area contributed by atoms with Crippen LogP contribution in [0.5, 0.6) is 0 Å². The Kier molecular flexibility index (Phi) is 0.414. The standard InChI is InChI=1S/CH3BO2/c1-2-4-3-1/h2H,1H2. The highest BCUT2D eigenvalue weighted by Gasteiger charge is 2.00. The molecule has 1 heterocycles. The van der Waals surface area contributed by atoms with Gasteiger partial charge in [0.25, 0.3) is 0 Å². The van der Waals surface area contributed by atoms with Gasteiger partial charge in [0.2, 0.25) is 0 Å². The molecule has 3 heteroatoms. The molecular formula is CH3BO2. The monoisotopic (exact) mass is 58.0 g/mol. The van der Waals surface area contributed by atoms with Crippen molar-refractivity contribution in [3.63, 3.8) is 0 Å². The van der Waals surface area contributed by atoms with E-state index in [1.54, 1.807) is 0 Å². The second-order valence-electron chi connectivity index (χ2n) is 0.644. The first kappa shape index (κ1) is 2.24. The first-order valence-corrected chi connectivity index (χ1v) is 1.24. The van der Waals surface area contributed by atoms with E-state index in [9.17, 15) is 0 Å². The molecule has 0 aromatic carbocycles. The van der Waals surface area contributed by atoms with Crippen LogP contribution < -0.4 is 0 Å². The molecule has 0 unspecified atom stereocenters. The molecule has 0 radical (unpaired) electrons. The van der Waals surface area contributed by atoms with Crippen molar-refractivity contribution in [1.29, 1.82) is 0 Å². The van der Waals surface area contributed by atoms with Gasteiger partial charge in [-0.15, -0.1) is 0 Å². The number of hydrogen-bond acceptors (Lipinski definition) is 2. The predicted octanol–water partition coefficient (Wildman–Crippen LogP) is -0.743. The predicted molar refractivity (Wildman–Crippen MR) is 14.2 cm³/mol. The Balaban J connectivity index is 2.00. The van der Waals surface area contributed by atoms with Crippen LogP contribution in [-0.4, -0.2) is 14.0 Å². The molecule has 2 nitrogen and oxygen atoms in total. The summed E-state index contributed by atoms with van der Waals surface area (Å²) in [5, 5.41) is 0.